The molecule has 3 N–H and O–H groups in total. The van der Waals surface area contributed by atoms with Gasteiger partial charge in [-0.3, -0.25) is 0 Å². The zero-order valence-electron chi connectivity index (χ0n) is 7.94. The Morgan fingerprint density at radius 2 is 2.00 bits per heavy atom. The highest BCUT2D eigenvalue weighted by Gasteiger charge is 2.09. The van der Waals surface area contributed by atoms with Gasteiger partial charge in [0.15, 0.2) is 0 Å². The Morgan fingerprint density at radius 1 is 1.29 bits per heavy atom. The smallest absolute Gasteiger partial charge is 0.123 e. The van der Waals surface area contributed by atoms with Gasteiger partial charge in [0.2, 0.25) is 0 Å². The summed E-state index contributed by atoms with van der Waals surface area (Å²) >= 11 is 0. The Hall–Kier alpha value is -1.00. The lowest BCUT2D eigenvalue weighted by Gasteiger charge is -2.29. The number of anilines is 2. The number of pyridine rings is 1. The summed E-state index contributed by atoms with van der Waals surface area (Å²) in [6.45, 7) is 4.19. The van der Waals surface area contributed by atoms with E-state index in [1.165, 1.54) is 0 Å². The molecule has 0 spiro atoms. The van der Waals surface area contributed by atoms with Crippen molar-refractivity contribution in [1.82, 2.24) is 10.3 Å². The van der Waals surface area contributed by atoms with Crippen molar-refractivity contribution in [3.8, 4) is 0 Å². The molecule has 0 radical (unpaired) electrons. The highest BCUT2D eigenvalue weighted by Crippen LogP contribution is 2.13. The lowest BCUT2D eigenvalue weighted by Crippen LogP contribution is -2.43. The lowest BCUT2D eigenvalue weighted by atomic mass is 10.3. The van der Waals surface area contributed by atoms with Crippen LogP contribution in [0.4, 0.5) is 11.5 Å². The zero-order chi connectivity index (χ0) is 9.10. The predicted octanol–water partition coefficient (Wildman–Crippen LogP) is 0.495. The third kappa shape index (κ3) is 2.49. The molecule has 1 aromatic heterocycles. The van der Waals surface area contributed by atoms with Crippen LogP contribution in [-0.4, -0.2) is 31.2 Å². The third-order valence-electron chi connectivity index (χ3n) is 2.25. The van der Waals surface area contributed by atoms with Gasteiger partial charge in [-0.05, 0) is 12.1 Å². The van der Waals surface area contributed by atoms with Crippen LogP contribution in [0.2, 0.25) is 0 Å². The van der Waals surface area contributed by atoms with Crippen LogP contribution >= 0.6 is 12.4 Å². The Balaban J connectivity index is 0.000000980. The normalized spacial score (nSPS) is 16.1. The summed E-state index contributed by atoms with van der Waals surface area (Å²) in [7, 11) is 0. The molecule has 0 unspecified atom stereocenters. The molecule has 2 heterocycles. The predicted molar refractivity (Wildman–Crippen MR) is 61.0 cm³/mol. The molecule has 0 atom stereocenters. The van der Waals surface area contributed by atoms with Crippen molar-refractivity contribution in [3.05, 3.63) is 18.3 Å². The van der Waals surface area contributed by atoms with E-state index in [9.17, 15) is 0 Å². The van der Waals surface area contributed by atoms with Crippen molar-refractivity contribution in [2.24, 2.45) is 0 Å². The van der Waals surface area contributed by atoms with E-state index in [0.29, 0.717) is 5.82 Å². The van der Waals surface area contributed by atoms with Gasteiger partial charge < -0.3 is 16.0 Å². The standard InChI is InChI=1S/C9H14N4.ClH/c10-9-2-1-8(7-12-9)13-5-3-11-4-6-13;/h1-2,7,11H,3-6H2,(H2,10,12);1H. The van der Waals surface area contributed by atoms with Crippen LogP contribution in [0, 0.1) is 0 Å². The van der Waals surface area contributed by atoms with E-state index in [2.05, 4.69) is 15.2 Å². The topological polar surface area (TPSA) is 54.2 Å². The van der Waals surface area contributed by atoms with Gasteiger partial charge in [0, 0.05) is 26.2 Å². The molecule has 0 aromatic carbocycles. The largest absolute Gasteiger partial charge is 0.384 e. The number of aromatic nitrogens is 1. The second-order valence-electron chi connectivity index (χ2n) is 3.18. The molecule has 1 aliphatic rings. The first-order valence-corrected chi connectivity index (χ1v) is 4.53. The monoisotopic (exact) mass is 214 g/mol. The van der Waals surface area contributed by atoms with E-state index in [1.54, 1.807) is 0 Å². The molecule has 5 heteroatoms. The van der Waals surface area contributed by atoms with Crippen molar-refractivity contribution >= 4 is 23.9 Å². The molecule has 0 bridgehead atoms. The number of nitrogen functional groups attached to an aromatic ring is 1. The summed E-state index contributed by atoms with van der Waals surface area (Å²) in [5.74, 6) is 0.582. The van der Waals surface area contributed by atoms with Crippen molar-refractivity contribution in [1.29, 1.82) is 0 Å². The summed E-state index contributed by atoms with van der Waals surface area (Å²) in [4.78, 5) is 6.38. The van der Waals surface area contributed by atoms with E-state index in [-0.39, 0.29) is 12.4 Å². The number of hydrogen-bond donors (Lipinski definition) is 2. The molecular weight excluding hydrogens is 200 g/mol. The number of nitrogens with two attached hydrogens (primary N) is 1. The maximum absolute atomic E-state index is 5.51. The fourth-order valence-corrected chi connectivity index (χ4v) is 1.51. The summed E-state index contributed by atoms with van der Waals surface area (Å²) < 4.78 is 0. The van der Waals surface area contributed by atoms with E-state index >= 15 is 0 Å². The Kier molecular flexibility index (Phi) is 3.98. The molecule has 1 aliphatic heterocycles. The van der Waals surface area contributed by atoms with Gasteiger partial charge in [0.1, 0.15) is 5.82 Å². The first-order chi connectivity index (χ1) is 6.36. The van der Waals surface area contributed by atoms with Crippen LogP contribution in [0.3, 0.4) is 0 Å². The second kappa shape index (κ2) is 5.02. The highest BCUT2D eigenvalue weighted by molar-refractivity contribution is 5.85. The molecule has 0 amide bonds. The maximum atomic E-state index is 5.51. The minimum Gasteiger partial charge on any atom is -0.384 e. The number of nitrogens with zero attached hydrogens (tertiary/aromatic N) is 2. The minimum atomic E-state index is 0. The SMILES string of the molecule is Cl.Nc1ccc(N2CCNCC2)cn1. The second-order valence-corrected chi connectivity index (χ2v) is 3.18. The van der Waals surface area contributed by atoms with E-state index in [0.717, 1.165) is 31.9 Å². The van der Waals surface area contributed by atoms with Crippen LogP contribution in [0.25, 0.3) is 0 Å². The molecule has 2 rings (SSSR count). The maximum Gasteiger partial charge on any atom is 0.123 e. The van der Waals surface area contributed by atoms with Crippen LogP contribution in [-0.2, 0) is 0 Å². The fraction of sp³-hybridized carbons (Fsp3) is 0.444. The molecular formula is C9H15ClN4. The van der Waals surface area contributed by atoms with E-state index < -0.39 is 0 Å². The van der Waals surface area contributed by atoms with Crippen molar-refractivity contribution in [2.75, 3.05) is 36.8 Å². The van der Waals surface area contributed by atoms with Gasteiger partial charge in [-0.2, -0.15) is 0 Å². The average molecular weight is 215 g/mol. The molecule has 78 valence electrons. The average Bonchev–Trinajstić information content (AvgIpc) is 2.20. The van der Waals surface area contributed by atoms with Crippen LogP contribution in [0.15, 0.2) is 18.3 Å². The van der Waals surface area contributed by atoms with Gasteiger partial charge >= 0.3 is 0 Å². The number of nitrogens with one attached hydrogen (secondary N) is 1. The molecule has 1 fully saturated rings. The minimum absolute atomic E-state index is 0. The van der Waals surface area contributed by atoms with Gasteiger partial charge in [-0.1, -0.05) is 0 Å². The van der Waals surface area contributed by atoms with E-state index in [4.69, 9.17) is 5.73 Å². The first-order valence-electron chi connectivity index (χ1n) is 4.53. The zero-order valence-corrected chi connectivity index (χ0v) is 8.76. The fourth-order valence-electron chi connectivity index (χ4n) is 1.51. The van der Waals surface area contributed by atoms with Crippen molar-refractivity contribution in [2.45, 2.75) is 0 Å². The summed E-state index contributed by atoms with van der Waals surface area (Å²) in [6, 6.07) is 3.87. The van der Waals surface area contributed by atoms with Gasteiger partial charge in [-0.25, -0.2) is 4.98 Å². The lowest BCUT2D eigenvalue weighted by molar-refractivity contribution is 0.589. The van der Waals surface area contributed by atoms with E-state index in [1.807, 2.05) is 18.3 Å². The molecule has 4 nitrogen and oxygen atoms in total. The van der Waals surface area contributed by atoms with Gasteiger partial charge in [0.05, 0.1) is 11.9 Å². The number of rotatable bonds is 1. The first kappa shape index (κ1) is 11.1. The van der Waals surface area contributed by atoms with Gasteiger partial charge in [0.25, 0.3) is 0 Å². The van der Waals surface area contributed by atoms with Crippen LogP contribution in [0.5, 0.6) is 0 Å². The quantitative estimate of drug-likeness (QED) is 0.715. The Labute approximate surface area is 89.9 Å². The molecule has 1 saturated heterocycles. The van der Waals surface area contributed by atoms with Crippen LogP contribution in [0.1, 0.15) is 0 Å². The third-order valence-corrected chi connectivity index (χ3v) is 2.25. The Morgan fingerprint density at radius 3 is 2.57 bits per heavy atom. The highest BCUT2D eigenvalue weighted by atomic mass is 35.5. The van der Waals surface area contributed by atoms with Crippen molar-refractivity contribution < 1.29 is 0 Å². The van der Waals surface area contributed by atoms with Gasteiger partial charge in [-0.15, -0.1) is 12.4 Å². The number of halogens is 1. The van der Waals surface area contributed by atoms with Crippen LogP contribution < -0.4 is 16.0 Å². The summed E-state index contributed by atoms with van der Waals surface area (Å²) in [5.41, 5.74) is 6.68. The number of hydrogen-bond acceptors (Lipinski definition) is 4. The Bertz CT molecular complexity index is 269. The molecule has 0 aliphatic carbocycles. The number of piperazine rings is 1. The van der Waals surface area contributed by atoms with Crippen molar-refractivity contribution in [3.63, 3.8) is 0 Å². The molecule has 14 heavy (non-hydrogen) atoms. The summed E-state index contributed by atoms with van der Waals surface area (Å²) in [6.07, 6.45) is 1.83. The molecule has 1 aromatic rings. The summed E-state index contributed by atoms with van der Waals surface area (Å²) in [5, 5.41) is 3.31. The molecule has 0 saturated carbocycles.